The molecule has 0 saturated heterocycles. The van der Waals surface area contributed by atoms with Crippen molar-refractivity contribution in [2.45, 2.75) is 13.8 Å². The molecule has 2 aromatic heterocycles. The zero-order valence-electron chi connectivity index (χ0n) is 14.5. The highest BCUT2D eigenvalue weighted by atomic mass is 16.1. The van der Waals surface area contributed by atoms with Crippen LogP contribution in [0.2, 0.25) is 0 Å². The average molecular weight is 343 g/mol. The number of aromatic nitrogens is 4. The lowest BCUT2D eigenvalue weighted by Gasteiger charge is -2.07. The number of carbonyl (C=O) groups excluding carboxylic acids is 1. The Morgan fingerprint density at radius 3 is 2.54 bits per heavy atom. The van der Waals surface area contributed by atoms with E-state index in [1.54, 1.807) is 10.6 Å². The Balaban J connectivity index is 1.56. The highest BCUT2D eigenvalue weighted by Gasteiger charge is 2.08. The standard InChI is InChI=1S/C20H17N5O/c1-13-4-3-5-16(12-13)20(26)21-17-8-6-15(7-9-17)18-10-11-19-23-22-14(2)25(19)24-18/h3-12H,1-2H3,(H,21,26). The molecule has 0 atom stereocenters. The molecule has 0 radical (unpaired) electrons. The summed E-state index contributed by atoms with van der Waals surface area (Å²) in [6.45, 7) is 3.83. The second-order valence-corrected chi connectivity index (χ2v) is 6.14. The molecule has 0 aliphatic carbocycles. The number of nitrogens with zero attached hydrogens (tertiary/aromatic N) is 4. The van der Waals surface area contributed by atoms with Crippen molar-refractivity contribution in [3.05, 3.63) is 77.6 Å². The number of amides is 1. The van der Waals surface area contributed by atoms with Crippen molar-refractivity contribution in [3.63, 3.8) is 0 Å². The number of hydrogen-bond donors (Lipinski definition) is 1. The van der Waals surface area contributed by atoms with Crippen LogP contribution in [0.1, 0.15) is 21.7 Å². The Morgan fingerprint density at radius 2 is 1.77 bits per heavy atom. The molecule has 0 spiro atoms. The maximum Gasteiger partial charge on any atom is 0.255 e. The second-order valence-electron chi connectivity index (χ2n) is 6.14. The molecule has 0 bridgehead atoms. The summed E-state index contributed by atoms with van der Waals surface area (Å²) >= 11 is 0. The molecule has 0 unspecified atom stereocenters. The fourth-order valence-electron chi connectivity index (χ4n) is 2.76. The van der Waals surface area contributed by atoms with E-state index < -0.39 is 0 Å². The number of benzene rings is 2. The predicted molar refractivity (Wildman–Crippen MR) is 100 cm³/mol. The smallest absolute Gasteiger partial charge is 0.255 e. The van der Waals surface area contributed by atoms with Gasteiger partial charge in [-0.15, -0.1) is 10.2 Å². The van der Waals surface area contributed by atoms with E-state index in [1.807, 2.05) is 68.4 Å². The third kappa shape index (κ3) is 3.04. The summed E-state index contributed by atoms with van der Waals surface area (Å²) in [4.78, 5) is 12.3. The van der Waals surface area contributed by atoms with E-state index in [4.69, 9.17) is 0 Å². The van der Waals surface area contributed by atoms with Crippen LogP contribution in [0.3, 0.4) is 0 Å². The van der Waals surface area contributed by atoms with Crippen LogP contribution < -0.4 is 5.32 Å². The molecule has 128 valence electrons. The first-order chi connectivity index (χ1) is 12.6. The van der Waals surface area contributed by atoms with Crippen molar-refractivity contribution in [1.82, 2.24) is 19.8 Å². The van der Waals surface area contributed by atoms with Crippen LogP contribution in [0.5, 0.6) is 0 Å². The van der Waals surface area contributed by atoms with E-state index in [0.717, 1.165) is 28.3 Å². The summed E-state index contributed by atoms with van der Waals surface area (Å²) in [7, 11) is 0. The quantitative estimate of drug-likeness (QED) is 0.616. The average Bonchev–Trinajstić information content (AvgIpc) is 3.03. The minimum absolute atomic E-state index is 0.124. The summed E-state index contributed by atoms with van der Waals surface area (Å²) in [6, 6.07) is 18.9. The zero-order chi connectivity index (χ0) is 18.1. The van der Waals surface area contributed by atoms with E-state index in [0.29, 0.717) is 11.2 Å². The topological polar surface area (TPSA) is 72.2 Å². The Labute approximate surface area is 150 Å². The van der Waals surface area contributed by atoms with Crippen molar-refractivity contribution in [1.29, 1.82) is 0 Å². The van der Waals surface area contributed by atoms with Crippen LogP contribution in [0, 0.1) is 13.8 Å². The maximum absolute atomic E-state index is 12.3. The van der Waals surface area contributed by atoms with Gasteiger partial charge in [0, 0.05) is 16.8 Å². The van der Waals surface area contributed by atoms with Gasteiger partial charge in [0.05, 0.1) is 5.69 Å². The molecule has 1 N–H and O–H groups in total. The van der Waals surface area contributed by atoms with Gasteiger partial charge < -0.3 is 5.32 Å². The molecule has 4 aromatic rings. The molecule has 4 rings (SSSR count). The lowest BCUT2D eigenvalue weighted by Crippen LogP contribution is -2.11. The molecule has 6 nitrogen and oxygen atoms in total. The van der Waals surface area contributed by atoms with Crippen LogP contribution >= 0.6 is 0 Å². The number of fused-ring (bicyclic) bond motifs is 1. The fourth-order valence-corrected chi connectivity index (χ4v) is 2.76. The van der Waals surface area contributed by atoms with Crippen molar-refractivity contribution < 1.29 is 4.79 Å². The molecular formula is C20H17N5O. The predicted octanol–water partition coefficient (Wildman–Crippen LogP) is 3.66. The van der Waals surface area contributed by atoms with Crippen molar-refractivity contribution in [3.8, 4) is 11.3 Å². The minimum Gasteiger partial charge on any atom is -0.322 e. The van der Waals surface area contributed by atoms with Crippen LogP contribution in [-0.4, -0.2) is 25.7 Å². The molecule has 2 aromatic carbocycles. The lowest BCUT2D eigenvalue weighted by molar-refractivity contribution is 0.102. The molecule has 0 saturated carbocycles. The summed E-state index contributed by atoms with van der Waals surface area (Å²) in [5, 5.41) is 15.5. The molecule has 0 aliphatic heterocycles. The molecule has 0 aliphatic rings. The number of aryl methyl sites for hydroxylation is 2. The van der Waals surface area contributed by atoms with Crippen molar-refractivity contribution in [2.24, 2.45) is 0 Å². The Hall–Kier alpha value is -3.54. The molecule has 1 amide bonds. The highest BCUT2D eigenvalue weighted by Crippen LogP contribution is 2.20. The SMILES string of the molecule is Cc1cccc(C(=O)Nc2ccc(-c3ccc4nnc(C)n4n3)cc2)c1. The third-order valence-corrected chi connectivity index (χ3v) is 4.14. The van der Waals surface area contributed by atoms with Crippen molar-refractivity contribution >= 4 is 17.2 Å². The highest BCUT2D eigenvalue weighted by molar-refractivity contribution is 6.04. The largest absolute Gasteiger partial charge is 0.322 e. The van der Waals surface area contributed by atoms with Crippen LogP contribution in [0.25, 0.3) is 16.9 Å². The van der Waals surface area contributed by atoms with Gasteiger partial charge >= 0.3 is 0 Å². The zero-order valence-corrected chi connectivity index (χ0v) is 14.5. The van der Waals surface area contributed by atoms with Gasteiger partial charge in [-0.3, -0.25) is 4.79 Å². The number of hydrogen-bond acceptors (Lipinski definition) is 4. The first-order valence-electron chi connectivity index (χ1n) is 8.28. The van der Waals surface area contributed by atoms with E-state index in [2.05, 4.69) is 20.6 Å². The lowest BCUT2D eigenvalue weighted by atomic mass is 10.1. The summed E-state index contributed by atoms with van der Waals surface area (Å²) in [5.74, 6) is 0.616. The summed E-state index contributed by atoms with van der Waals surface area (Å²) in [5.41, 5.74) is 4.92. The van der Waals surface area contributed by atoms with Gasteiger partial charge in [0.15, 0.2) is 11.5 Å². The van der Waals surface area contributed by atoms with E-state index in [9.17, 15) is 4.79 Å². The van der Waals surface area contributed by atoms with Gasteiger partial charge in [-0.1, -0.05) is 29.8 Å². The van der Waals surface area contributed by atoms with Gasteiger partial charge in [0.25, 0.3) is 5.91 Å². The van der Waals surface area contributed by atoms with Gasteiger partial charge in [0.1, 0.15) is 0 Å². The van der Waals surface area contributed by atoms with E-state index >= 15 is 0 Å². The van der Waals surface area contributed by atoms with Gasteiger partial charge in [-0.2, -0.15) is 9.61 Å². The first-order valence-corrected chi connectivity index (χ1v) is 8.28. The third-order valence-electron chi connectivity index (χ3n) is 4.14. The van der Waals surface area contributed by atoms with Crippen LogP contribution in [0.4, 0.5) is 5.69 Å². The number of nitrogens with one attached hydrogen (secondary N) is 1. The summed E-state index contributed by atoms with van der Waals surface area (Å²) in [6.07, 6.45) is 0. The van der Waals surface area contributed by atoms with Crippen molar-refractivity contribution in [2.75, 3.05) is 5.32 Å². The first kappa shape index (κ1) is 16.0. The van der Waals surface area contributed by atoms with E-state index in [1.165, 1.54) is 0 Å². The molecule has 0 fully saturated rings. The normalized spacial score (nSPS) is 10.8. The fraction of sp³-hybridized carbons (Fsp3) is 0.100. The van der Waals surface area contributed by atoms with Gasteiger partial charge in [0.2, 0.25) is 0 Å². The Bertz CT molecular complexity index is 1100. The van der Waals surface area contributed by atoms with E-state index in [-0.39, 0.29) is 5.91 Å². The second kappa shape index (κ2) is 6.40. The molecular weight excluding hydrogens is 326 g/mol. The Morgan fingerprint density at radius 1 is 0.962 bits per heavy atom. The number of anilines is 1. The number of carbonyl (C=O) groups is 1. The molecule has 2 heterocycles. The van der Waals surface area contributed by atoms with Crippen LogP contribution in [0.15, 0.2) is 60.7 Å². The van der Waals surface area contributed by atoms with Gasteiger partial charge in [-0.05, 0) is 50.2 Å². The molecule has 6 heteroatoms. The Kier molecular flexibility index (Phi) is 3.93. The minimum atomic E-state index is -0.124. The molecule has 26 heavy (non-hydrogen) atoms. The van der Waals surface area contributed by atoms with Crippen LogP contribution in [-0.2, 0) is 0 Å². The maximum atomic E-state index is 12.3. The van der Waals surface area contributed by atoms with Gasteiger partial charge in [-0.25, -0.2) is 0 Å². The number of rotatable bonds is 3. The monoisotopic (exact) mass is 343 g/mol. The summed E-state index contributed by atoms with van der Waals surface area (Å²) < 4.78 is 1.71.